The van der Waals surface area contributed by atoms with Gasteiger partial charge in [0.2, 0.25) is 0 Å². The van der Waals surface area contributed by atoms with Crippen molar-refractivity contribution in [2.45, 2.75) is 25.4 Å². The highest BCUT2D eigenvalue weighted by Crippen LogP contribution is 2.32. The molecule has 0 saturated carbocycles. The number of hydrogen-bond donors (Lipinski definition) is 3. The Balaban J connectivity index is 0.00000320. The van der Waals surface area contributed by atoms with Gasteiger partial charge < -0.3 is 25.4 Å². The molecule has 3 rings (SSSR count). The van der Waals surface area contributed by atoms with Gasteiger partial charge in [0, 0.05) is 0 Å². The van der Waals surface area contributed by atoms with Crippen LogP contribution >= 0.6 is 12.4 Å². The molecule has 0 saturated heterocycles. The molecule has 0 aliphatic rings. The van der Waals surface area contributed by atoms with Crippen molar-refractivity contribution in [3.63, 3.8) is 0 Å². The molecule has 4 N–H and O–H groups in total. The van der Waals surface area contributed by atoms with Crippen LogP contribution in [-0.2, 0) is 18.0 Å². The Hall–Kier alpha value is -3.06. The van der Waals surface area contributed by atoms with E-state index in [1.807, 2.05) is 60.7 Å². The molecule has 0 aliphatic heterocycles. The minimum atomic E-state index is -1.44. The van der Waals surface area contributed by atoms with Crippen LogP contribution in [0.4, 0.5) is 0 Å². The van der Waals surface area contributed by atoms with E-state index in [9.17, 15) is 9.90 Å². The third-order valence-corrected chi connectivity index (χ3v) is 4.41. The fraction of sp³-hybridized carbons (Fsp3) is 0.174. The number of aliphatic carboxylic acids is 1. The van der Waals surface area contributed by atoms with Crippen molar-refractivity contribution in [1.29, 1.82) is 0 Å². The number of carboxylic acid groups (broad SMARTS) is 1. The van der Waals surface area contributed by atoms with Gasteiger partial charge in [-0.05, 0) is 28.8 Å². The zero-order chi connectivity index (χ0) is 20.6. The van der Waals surface area contributed by atoms with Crippen LogP contribution in [0.3, 0.4) is 0 Å². The number of ether oxygens (including phenoxy) is 2. The number of rotatable bonds is 9. The summed E-state index contributed by atoms with van der Waals surface area (Å²) < 4.78 is 11.8. The second kappa shape index (κ2) is 11.2. The first-order chi connectivity index (χ1) is 14.0. The molecule has 7 heteroatoms. The molecule has 3 aromatic rings. The van der Waals surface area contributed by atoms with Crippen molar-refractivity contribution in [3.8, 4) is 11.5 Å². The SMILES string of the molecule is Cl.[15NH2][13C@H]([C@H](O)c1ccc(OCc2ccccc2)c(OCc2ccccc2)c1)[13C](=O)O. The maximum Gasteiger partial charge on any atom is 0.323 e. The number of carbonyl (C=O) groups is 1. The summed E-state index contributed by atoms with van der Waals surface area (Å²) >= 11 is 0. The Morgan fingerprint density at radius 3 is 1.83 bits per heavy atom. The molecule has 0 fully saturated rings. The van der Waals surface area contributed by atoms with Crippen molar-refractivity contribution >= 4 is 18.4 Å². The second-order valence-electron chi connectivity index (χ2n) is 6.56. The number of aliphatic hydroxyl groups is 1. The zero-order valence-electron chi connectivity index (χ0n) is 16.2. The van der Waals surface area contributed by atoms with E-state index in [1.54, 1.807) is 18.2 Å². The van der Waals surface area contributed by atoms with Crippen molar-refractivity contribution in [3.05, 3.63) is 95.6 Å². The average molecular weight is 433 g/mol. The normalized spacial score (nSPS) is 12.3. The lowest BCUT2D eigenvalue weighted by molar-refractivity contribution is -0.141. The van der Waals surface area contributed by atoms with E-state index >= 15 is 0 Å². The monoisotopic (exact) mass is 432 g/mol. The van der Waals surface area contributed by atoms with Gasteiger partial charge in [-0.2, -0.15) is 0 Å². The van der Waals surface area contributed by atoms with Crippen molar-refractivity contribution in [2.75, 3.05) is 0 Å². The quantitative estimate of drug-likeness (QED) is 0.352. The Bertz CT molecular complexity index is 937. The lowest BCUT2D eigenvalue weighted by atomic mass is 10.1. The second-order valence-corrected chi connectivity index (χ2v) is 6.56. The third kappa shape index (κ3) is 6.22. The highest BCUT2D eigenvalue weighted by Gasteiger charge is 2.24. The van der Waals surface area contributed by atoms with Gasteiger partial charge in [0.1, 0.15) is 25.4 Å². The van der Waals surface area contributed by atoms with Gasteiger partial charge in [-0.1, -0.05) is 66.7 Å². The minimum Gasteiger partial charge on any atom is -0.485 e. The number of carboxylic acids is 1. The molecule has 30 heavy (non-hydrogen) atoms. The van der Waals surface area contributed by atoms with Crippen molar-refractivity contribution < 1.29 is 24.5 Å². The maximum absolute atomic E-state index is 11.1. The molecular formula is C23H24ClNO5. The Morgan fingerprint density at radius 2 is 1.33 bits per heavy atom. The number of nitrogens with two attached hydrogens (primary N) is 1. The van der Waals surface area contributed by atoms with E-state index in [4.69, 9.17) is 20.3 Å². The third-order valence-electron chi connectivity index (χ3n) is 4.41. The highest BCUT2D eigenvalue weighted by atomic mass is 35.5. The Morgan fingerprint density at radius 1 is 0.833 bits per heavy atom. The number of aliphatic hydroxyl groups excluding tert-OH is 1. The van der Waals surface area contributed by atoms with E-state index < -0.39 is 18.1 Å². The summed E-state index contributed by atoms with van der Waals surface area (Å²) in [5, 5.41) is 19.3. The lowest BCUT2D eigenvalue weighted by Crippen LogP contribution is -2.36. The molecule has 0 aliphatic carbocycles. The van der Waals surface area contributed by atoms with Crippen LogP contribution < -0.4 is 15.2 Å². The van der Waals surface area contributed by atoms with Crippen LogP contribution in [0.25, 0.3) is 0 Å². The number of halogens is 1. The van der Waals surface area contributed by atoms with Gasteiger partial charge in [-0.25, -0.2) is 0 Å². The molecule has 6 nitrogen and oxygen atoms in total. The Labute approximate surface area is 181 Å². The summed E-state index contributed by atoms with van der Waals surface area (Å²) in [4.78, 5) is 11.1. The molecule has 0 bridgehead atoms. The van der Waals surface area contributed by atoms with Crippen LogP contribution in [0.1, 0.15) is 22.8 Å². The van der Waals surface area contributed by atoms with E-state index in [0.29, 0.717) is 30.3 Å². The van der Waals surface area contributed by atoms with Gasteiger partial charge in [-0.3, -0.25) is 4.79 Å². The molecular weight excluding hydrogens is 409 g/mol. The smallest absolute Gasteiger partial charge is 0.323 e. The van der Waals surface area contributed by atoms with Crippen LogP contribution in [0, 0.1) is 0 Å². The maximum atomic E-state index is 11.1. The molecule has 2 atom stereocenters. The van der Waals surface area contributed by atoms with Crippen LogP contribution in [0.15, 0.2) is 78.9 Å². The van der Waals surface area contributed by atoms with E-state index in [-0.39, 0.29) is 12.4 Å². The first-order valence-electron chi connectivity index (χ1n) is 9.18. The highest BCUT2D eigenvalue weighted by molar-refractivity contribution is 5.85. The lowest BCUT2D eigenvalue weighted by Gasteiger charge is -2.18. The molecule has 0 heterocycles. The summed E-state index contributed by atoms with van der Waals surface area (Å²) in [7, 11) is 0. The standard InChI is InChI=1S/C23H23NO5.ClH/c24-21(23(26)27)22(25)18-11-12-19(28-14-16-7-3-1-4-8-16)20(13-18)29-15-17-9-5-2-6-10-17;/h1-13,21-22,25H,14-15,24H2,(H,26,27);1H/t21-,22-;/m1./s1/i21+1,23+1,24+1;. The minimum absolute atomic E-state index is 0. The predicted molar refractivity (Wildman–Crippen MR) is 116 cm³/mol. The molecule has 0 aromatic heterocycles. The van der Waals surface area contributed by atoms with Gasteiger partial charge in [0.15, 0.2) is 11.5 Å². The van der Waals surface area contributed by atoms with Crippen molar-refractivity contribution in [1.82, 2.24) is 0 Å². The topological polar surface area (TPSA) is 102 Å². The molecule has 3 aromatic carbocycles. The molecule has 158 valence electrons. The molecule has 0 amide bonds. The number of benzene rings is 3. The van der Waals surface area contributed by atoms with Crippen LogP contribution in [-0.4, -0.2) is 22.2 Å². The van der Waals surface area contributed by atoms with E-state index in [0.717, 1.165) is 11.1 Å². The fourth-order valence-corrected chi connectivity index (χ4v) is 2.75. The average Bonchev–Trinajstić information content (AvgIpc) is 2.76. The Kier molecular flexibility index (Phi) is 8.68. The van der Waals surface area contributed by atoms with Crippen LogP contribution in [0.5, 0.6) is 11.5 Å². The van der Waals surface area contributed by atoms with Crippen molar-refractivity contribution in [2.24, 2.45) is 5.73 Å². The van der Waals surface area contributed by atoms with Gasteiger partial charge in [-0.15, -0.1) is 12.4 Å². The number of hydrogen-bond acceptors (Lipinski definition) is 5. The fourth-order valence-electron chi connectivity index (χ4n) is 2.75. The van der Waals surface area contributed by atoms with Crippen LogP contribution in [0.2, 0.25) is 0 Å². The van der Waals surface area contributed by atoms with Gasteiger partial charge in [0.25, 0.3) is 0 Å². The molecule has 0 radical (unpaired) electrons. The first-order valence-corrected chi connectivity index (χ1v) is 9.18. The first kappa shape index (κ1) is 23.2. The summed E-state index contributed by atoms with van der Waals surface area (Å²) in [6.07, 6.45) is -1.37. The summed E-state index contributed by atoms with van der Waals surface area (Å²) in [5.74, 6) is -0.391. The summed E-state index contributed by atoms with van der Waals surface area (Å²) in [5.41, 5.74) is 7.87. The van der Waals surface area contributed by atoms with Gasteiger partial charge in [0.05, 0.1) is 0 Å². The molecule has 0 unspecified atom stereocenters. The summed E-state index contributed by atoms with van der Waals surface area (Å²) in [6.45, 7) is 0.645. The molecule has 0 spiro atoms. The van der Waals surface area contributed by atoms with E-state index in [2.05, 4.69) is 0 Å². The predicted octanol–water partition coefficient (Wildman–Crippen LogP) is 3.71. The van der Waals surface area contributed by atoms with Gasteiger partial charge >= 0.3 is 5.97 Å². The summed E-state index contributed by atoms with van der Waals surface area (Å²) in [6, 6.07) is 22.7. The van der Waals surface area contributed by atoms with E-state index in [1.165, 1.54) is 0 Å². The zero-order valence-corrected chi connectivity index (χ0v) is 17.0. The largest absolute Gasteiger partial charge is 0.485 e.